The normalized spacial score (nSPS) is 10.6. The van der Waals surface area contributed by atoms with Crippen molar-refractivity contribution in [2.24, 2.45) is 0 Å². The summed E-state index contributed by atoms with van der Waals surface area (Å²) in [5, 5.41) is 12.3. The van der Waals surface area contributed by atoms with Crippen LogP contribution in [0, 0.1) is 0 Å². The number of methoxy groups -OCH3 is 1. The van der Waals surface area contributed by atoms with Gasteiger partial charge in [-0.05, 0) is 29.3 Å². The fraction of sp³-hybridized carbons (Fsp3) is 0.222. The molecule has 0 amide bonds. The van der Waals surface area contributed by atoms with Crippen molar-refractivity contribution in [3.63, 3.8) is 0 Å². The van der Waals surface area contributed by atoms with Crippen LogP contribution in [-0.2, 0) is 13.0 Å². The molecule has 0 fully saturated rings. The van der Waals surface area contributed by atoms with Crippen LogP contribution < -0.4 is 4.74 Å². The number of carbonyl (C=O) groups excluding carboxylic acids is 1. The van der Waals surface area contributed by atoms with Crippen molar-refractivity contribution in [2.45, 2.75) is 19.9 Å². The van der Waals surface area contributed by atoms with Crippen LogP contribution in [0.25, 0.3) is 11.4 Å². The molecule has 1 heterocycles. The Morgan fingerprint density at radius 1 is 1.12 bits per heavy atom. The molecular weight excluding hydrogens is 304 g/mol. The molecule has 122 valence electrons. The molecule has 1 aromatic heterocycles. The lowest BCUT2D eigenvalue weighted by Crippen LogP contribution is -2.14. The molecular formula is C18H18N4O2. The number of hydrogen-bond donors (Lipinski definition) is 0. The molecule has 3 aromatic rings. The van der Waals surface area contributed by atoms with E-state index in [9.17, 15) is 4.79 Å². The average Bonchev–Trinajstić information content (AvgIpc) is 3.10. The number of para-hydroxylation sites is 1. The van der Waals surface area contributed by atoms with Gasteiger partial charge >= 0.3 is 0 Å². The first-order chi connectivity index (χ1) is 11.7. The molecule has 0 bridgehead atoms. The summed E-state index contributed by atoms with van der Waals surface area (Å²) in [4.78, 5) is 13.7. The van der Waals surface area contributed by atoms with Crippen molar-refractivity contribution in [1.82, 2.24) is 20.2 Å². The highest BCUT2D eigenvalue weighted by atomic mass is 16.5. The van der Waals surface area contributed by atoms with Gasteiger partial charge in [0.15, 0.2) is 5.78 Å². The SMILES string of the molecule is CCc1ccc(-c2nnn(CC(=O)c3ccccc3OC)n2)cc1. The maximum atomic E-state index is 12.4. The molecule has 6 nitrogen and oxygen atoms in total. The fourth-order valence-corrected chi connectivity index (χ4v) is 2.40. The van der Waals surface area contributed by atoms with Gasteiger partial charge in [0.25, 0.3) is 0 Å². The number of hydrogen-bond acceptors (Lipinski definition) is 5. The van der Waals surface area contributed by atoms with E-state index in [4.69, 9.17) is 4.74 Å². The van der Waals surface area contributed by atoms with Gasteiger partial charge in [-0.3, -0.25) is 4.79 Å². The molecule has 6 heteroatoms. The Kier molecular flexibility index (Phi) is 4.65. The van der Waals surface area contributed by atoms with E-state index in [-0.39, 0.29) is 12.3 Å². The number of aromatic nitrogens is 4. The lowest BCUT2D eigenvalue weighted by atomic mass is 10.1. The van der Waals surface area contributed by atoms with Crippen LogP contribution in [0.2, 0.25) is 0 Å². The van der Waals surface area contributed by atoms with Crippen LogP contribution in [0.3, 0.4) is 0 Å². The number of aryl methyl sites for hydroxylation is 1. The third-order valence-electron chi connectivity index (χ3n) is 3.77. The number of Topliss-reactive ketones (excluding diaryl/α,β-unsaturated/α-hetero) is 1. The highest BCUT2D eigenvalue weighted by molar-refractivity contribution is 5.98. The predicted octanol–water partition coefficient (Wildman–Crippen LogP) is 2.79. The van der Waals surface area contributed by atoms with Crippen molar-refractivity contribution in [2.75, 3.05) is 7.11 Å². The number of carbonyl (C=O) groups is 1. The quantitative estimate of drug-likeness (QED) is 0.653. The Bertz CT molecular complexity index is 840. The average molecular weight is 322 g/mol. The number of benzene rings is 2. The Balaban J connectivity index is 1.77. The zero-order valence-electron chi connectivity index (χ0n) is 13.6. The summed E-state index contributed by atoms with van der Waals surface area (Å²) in [5.41, 5.74) is 2.63. The predicted molar refractivity (Wildman–Crippen MR) is 90.0 cm³/mol. The molecule has 0 saturated carbocycles. The molecule has 0 aliphatic rings. The fourth-order valence-electron chi connectivity index (χ4n) is 2.40. The van der Waals surface area contributed by atoms with Crippen molar-refractivity contribution in [3.05, 3.63) is 59.7 Å². The minimum absolute atomic E-state index is 0.0143. The van der Waals surface area contributed by atoms with Crippen LogP contribution in [0.15, 0.2) is 48.5 Å². The van der Waals surface area contributed by atoms with Crippen LogP contribution in [0.4, 0.5) is 0 Å². The second-order valence-electron chi connectivity index (χ2n) is 5.32. The molecule has 0 aliphatic carbocycles. The lowest BCUT2D eigenvalue weighted by Gasteiger charge is -2.06. The van der Waals surface area contributed by atoms with Gasteiger partial charge in [-0.1, -0.05) is 43.3 Å². The summed E-state index contributed by atoms with van der Waals surface area (Å²) in [6.07, 6.45) is 0.980. The van der Waals surface area contributed by atoms with Gasteiger partial charge in [0.1, 0.15) is 12.3 Å². The zero-order valence-corrected chi connectivity index (χ0v) is 13.6. The number of ketones is 1. The number of rotatable bonds is 6. The topological polar surface area (TPSA) is 69.9 Å². The summed E-state index contributed by atoms with van der Waals surface area (Å²) >= 11 is 0. The van der Waals surface area contributed by atoms with Crippen molar-refractivity contribution in [3.8, 4) is 17.1 Å². The Morgan fingerprint density at radius 3 is 2.58 bits per heavy atom. The van der Waals surface area contributed by atoms with Gasteiger partial charge in [0.2, 0.25) is 5.82 Å². The monoisotopic (exact) mass is 322 g/mol. The second-order valence-corrected chi connectivity index (χ2v) is 5.32. The second kappa shape index (κ2) is 7.04. The van der Waals surface area contributed by atoms with Crippen LogP contribution >= 0.6 is 0 Å². The van der Waals surface area contributed by atoms with E-state index in [0.29, 0.717) is 17.1 Å². The molecule has 0 atom stereocenters. The zero-order chi connectivity index (χ0) is 16.9. The summed E-state index contributed by atoms with van der Waals surface area (Å²) in [5.74, 6) is 0.918. The number of nitrogens with zero attached hydrogens (tertiary/aromatic N) is 4. The largest absolute Gasteiger partial charge is 0.496 e. The number of tetrazole rings is 1. The summed E-state index contributed by atoms with van der Waals surface area (Å²) in [7, 11) is 1.54. The van der Waals surface area contributed by atoms with Gasteiger partial charge in [-0.25, -0.2) is 0 Å². The minimum Gasteiger partial charge on any atom is -0.496 e. The summed E-state index contributed by atoms with van der Waals surface area (Å²) in [6, 6.07) is 15.1. The minimum atomic E-state index is -0.127. The van der Waals surface area contributed by atoms with E-state index in [1.54, 1.807) is 18.2 Å². The first-order valence-corrected chi connectivity index (χ1v) is 7.74. The first-order valence-electron chi connectivity index (χ1n) is 7.74. The third-order valence-corrected chi connectivity index (χ3v) is 3.77. The highest BCUT2D eigenvalue weighted by Crippen LogP contribution is 2.19. The van der Waals surface area contributed by atoms with E-state index >= 15 is 0 Å². The lowest BCUT2D eigenvalue weighted by molar-refractivity contribution is 0.0958. The molecule has 0 aliphatic heterocycles. The molecule has 2 aromatic carbocycles. The van der Waals surface area contributed by atoms with Gasteiger partial charge in [0.05, 0.1) is 12.7 Å². The molecule has 0 radical (unpaired) electrons. The molecule has 24 heavy (non-hydrogen) atoms. The standard InChI is InChI=1S/C18H18N4O2/c1-3-13-8-10-14(11-9-13)18-19-21-22(20-18)12-16(23)15-6-4-5-7-17(15)24-2/h4-11H,3,12H2,1-2H3. The van der Waals surface area contributed by atoms with E-state index in [1.165, 1.54) is 17.5 Å². The van der Waals surface area contributed by atoms with Crippen molar-refractivity contribution < 1.29 is 9.53 Å². The van der Waals surface area contributed by atoms with E-state index in [0.717, 1.165) is 12.0 Å². The summed E-state index contributed by atoms with van der Waals surface area (Å²) in [6.45, 7) is 2.12. The van der Waals surface area contributed by atoms with Gasteiger partial charge in [0, 0.05) is 5.56 Å². The third kappa shape index (κ3) is 3.32. The van der Waals surface area contributed by atoms with Crippen molar-refractivity contribution in [1.29, 1.82) is 0 Å². The van der Waals surface area contributed by atoms with Gasteiger partial charge in [-0.15, -0.1) is 10.2 Å². The maximum Gasteiger partial charge on any atom is 0.204 e. The van der Waals surface area contributed by atoms with Crippen LogP contribution in [0.1, 0.15) is 22.8 Å². The Labute approximate surface area is 140 Å². The molecule has 3 rings (SSSR count). The molecule has 0 saturated heterocycles. The van der Waals surface area contributed by atoms with E-state index < -0.39 is 0 Å². The first kappa shape index (κ1) is 15.9. The molecule has 0 spiro atoms. The van der Waals surface area contributed by atoms with Crippen LogP contribution in [0.5, 0.6) is 5.75 Å². The summed E-state index contributed by atoms with van der Waals surface area (Å²) < 4.78 is 5.21. The smallest absolute Gasteiger partial charge is 0.204 e. The highest BCUT2D eigenvalue weighted by Gasteiger charge is 2.14. The Morgan fingerprint density at radius 2 is 1.88 bits per heavy atom. The number of ether oxygens (including phenoxy) is 1. The van der Waals surface area contributed by atoms with E-state index in [1.807, 2.05) is 30.3 Å². The van der Waals surface area contributed by atoms with E-state index in [2.05, 4.69) is 22.3 Å². The van der Waals surface area contributed by atoms with Gasteiger partial charge < -0.3 is 4.74 Å². The molecule has 0 unspecified atom stereocenters. The Hall–Kier alpha value is -3.02. The van der Waals surface area contributed by atoms with Crippen molar-refractivity contribution >= 4 is 5.78 Å². The van der Waals surface area contributed by atoms with Crippen LogP contribution in [-0.4, -0.2) is 33.1 Å². The molecule has 0 N–H and O–H groups in total. The maximum absolute atomic E-state index is 12.4. The van der Waals surface area contributed by atoms with Gasteiger partial charge in [-0.2, -0.15) is 4.80 Å².